The molecule has 0 aliphatic heterocycles. The van der Waals surface area contributed by atoms with Gasteiger partial charge in [0.1, 0.15) is 17.6 Å². The summed E-state index contributed by atoms with van der Waals surface area (Å²) >= 11 is 1.79. The molecule has 0 aliphatic carbocycles. The average Bonchev–Trinajstić information content (AvgIpc) is 3.00. The lowest BCUT2D eigenvalue weighted by atomic mass is 10.3. The number of benzene rings is 1. The minimum atomic E-state index is -0.000335. The molecule has 0 aliphatic rings. The zero-order chi connectivity index (χ0) is 17.4. The van der Waals surface area contributed by atoms with Crippen LogP contribution in [-0.4, -0.2) is 32.8 Å². The van der Waals surface area contributed by atoms with Crippen molar-refractivity contribution in [2.24, 2.45) is 4.99 Å². The molecule has 0 saturated carbocycles. The van der Waals surface area contributed by atoms with Gasteiger partial charge in [0.2, 0.25) is 0 Å². The molecule has 2 aromatic rings. The Bertz CT molecular complexity index is 676. The van der Waals surface area contributed by atoms with E-state index >= 15 is 0 Å². The third kappa shape index (κ3) is 7.52. The lowest BCUT2D eigenvalue weighted by Crippen LogP contribution is -2.41. The largest absolute Gasteiger partial charge is 0.497 e. The molecule has 1 atom stereocenters. The van der Waals surface area contributed by atoms with Crippen LogP contribution in [0, 0.1) is 6.92 Å². The molecule has 0 fully saturated rings. The van der Waals surface area contributed by atoms with Gasteiger partial charge in [-0.3, -0.25) is 4.99 Å². The lowest BCUT2D eigenvalue weighted by Gasteiger charge is -2.18. The van der Waals surface area contributed by atoms with E-state index in [9.17, 15) is 0 Å². The van der Waals surface area contributed by atoms with Gasteiger partial charge in [0, 0.05) is 22.9 Å². The van der Waals surface area contributed by atoms with Gasteiger partial charge in [-0.25, -0.2) is 0 Å². The van der Waals surface area contributed by atoms with Gasteiger partial charge >= 0.3 is 0 Å². The van der Waals surface area contributed by atoms with Crippen LogP contribution in [0.15, 0.2) is 41.4 Å². The van der Waals surface area contributed by atoms with E-state index in [1.807, 2.05) is 31.2 Å². The normalized spacial score (nSPS) is 12.1. The summed E-state index contributed by atoms with van der Waals surface area (Å²) in [7, 11) is 3.41. The summed E-state index contributed by atoms with van der Waals surface area (Å²) in [5.74, 6) is 2.35. The summed E-state index contributed by atoms with van der Waals surface area (Å²) < 4.78 is 11.1. The van der Waals surface area contributed by atoms with Crippen molar-refractivity contribution < 1.29 is 9.47 Å². The molecule has 2 N–H and O–H groups in total. The van der Waals surface area contributed by atoms with Crippen LogP contribution in [0.3, 0.4) is 0 Å². The van der Waals surface area contributed by atoms with Crippen molar-refractivity contribution in [3.63, 3.8) is 0 Å². The van der Waals surface area contributed by atoms with Gasteiger partial charge in [-0.05, 0) is 38.1 Å². The summed E-state index contributed by atoms with van der Waals surface area (Å²) in [4.78, 5) is 6.84. The standard InChI is InChI=1S/C18H25N3O2S.HI/c1-13(23-16-7-5-6-15(10-16)22-4)11-20-18(19-3)21-12-17-9-8-14(2)24-17;/h5-10,13H,11-12H2,1-4H3,(H2,19,20,21);1H. The zero-order valence-electron chi connectivity index (χ0n) is 15.0. The Balaban J connectivity index is 0.00000312. The monoisotopic (exact) mass is 475 g/mol. The molecule has 7 heteroatoms. The number of aliphatic imine (C=N–C) groups is 1. The van der Waals surface area contributed by atoms with Gasteiger partial charge in [-0.15, -0.1) is 35.3 Å². The second-order valence-electron chi connectivity index (χ2n) is 5.43. The molecule has 25 heavy (non-hydrogen) atoms. The first kappa shape index (κ1) is 21.6. The summed E-state index contributed by atoms with van der Waals surface area (Å²) in [6, 6.07) is 11.9. The molecule has 0 bridgehead atoms. The highest BCUT2D eigenvalue weighted by molar-refractivity contribution is 14.0. The molecule has 138 valence electrons. The fourth-order valence-electron chi connectivity index (χ4n) is 2.16. The van der Waals surface area contributed by atoms with Gasteiger partial charge in [0.05, 0.1) is 20.2 Å². The van der Waals surface area contributed by atoms with Crippen molar-refractivity contribution in [2.45, 2.75) is 26.5 Å². The van der Waals surface area contributed by atoms with Crippen LogP contribution in [0.2, 0.25) is 0 Å². The summed E-state index contributed by atoms with van der Waals surface area (Å²) in [6.45, 7) is 5.55. The number of guanidine groups is 1. The van der Waals surface area contributed by atoms with Crippen LogP contribution in [-0.2, 0) is 6.54 Å². The maximum Gasteiger partial charge on any atom is 0.191 e. The molecule has 1 unspecified atom stereocenters. The van der Waals surface area contributed by atoms with E-state index in [4.69, 9.17) is 9.47 Å². The SMILES string of the molecule is CN=C(NCc1ccc(C)s1)NCC(C)Oc1cccc(OC)c1.I. The van der Waals surface area contributed by atoms with E-state index in [0.29, 0.717) is 6.54 Å². The highest BCUT2D eigenvalue weighted by atomic mass is 127. The molecule has 0 saturated heterocycles. The van der Waals surface area contributed by atoms with E-state index in [0.717, 1.165) is 24.0 Å². The highest BCUT2D eigenvalue weighted by Gasteiger charge is 2.07. The number of halogens is 1. The van der Waals surface area contributed by atoms with E-state index in [-0.39, 0.29) is 30.1 Å². The molecule has 1 heterocycles. The molecule has 0 radical (unpaired) electrons. The van der Waals surface area contributed by atoms with E-state index in [1.54, 1.807) is 25.5 Å². The maximum atomic E-state index is 5.89. The first-order valence-corrected chi connectivity index (χ1v) is 8.73. The average molecular weight is 475 g/mol. The topological polar surface area (TPSA) is 54.9 Å². The number of nitrogens with zero attached hydrogens (tertiary/aromatic N) is 1. The van der Waals surface area contributed by atoms with Gasteiger partial charge in [0.15, 0.2) is 5.96 Å². The van der Waals surface area contributed by atoms with Gasteiger partial charge in [-0.2, -0.15) is 0 Å². The fourth-order valence-corrected chi connectivity index (χ4v) is 2.99. The van der Waals surface area contributed by atoms with Crippen LogP contribution < -0.4 is 20.1 Å². The Labute approximate surface area is 170 Å². The van der Waals surface area contributed by atoms with Gasteiger partial charge < -0.3 is 20.1 Å². The van der Waals surface area contributed by atoms with Crippen molar-refractivity contribution in [1.82, 2.24) is 10.6 Å². The number of ether oxygens (including phenoxy) is 2. The van der Waals surface area contributed by atoms with E-state index < -0.39 is 0 Å². The van der Waals surface area contributed by atoms with Crippen molar-refractivity contribution in [2.75, 3.05) is 20.7 Å². The predicted molar refractivity (Wildman–Crippen MR) is 116 cm³/mol. The van der Waals surface area contributed by atoms with Crippen LogP contribution in [0.1, 0.15) is 16.7 Å². The van der Waals surface area contributed by atoms with Gasteiger partial charge in [0.25, 0.3) is 0 Å². The second kappa shape index (κ2) is 11.2. The predicted octanol–water partition coefficient (Wildman–Crippen LogP) is 3.82. The number of rotatable bonds is 7. The Morgan fingerprint density at radius 1 is 1.20 bits per heavy atom. The molecule has 1 aromatic heterocycles. The molecule has 2 rings (SSSR count). The number of hydrogen-bond donors (Lipinski definition) is 2. The fraction of sp³-hybridized carbons (Fsp3) is 0.389. The van der Waals surface area contributed by atoms with Crippen molar-refractivity contribution in [3.8, 4) is 11.5 Å². The zero-order valence-corrected chi connectivity index (χ0v) is 18.2. The van der Waals surface area contributed by atoms with Crippen LogP contribution >= 0.6 is 35.3 Å². The summed E-state index contributed by atoms with van der Waals surface area (Å²) in [5, 5.41) is 6.59. The molecule has 0 amide bonds. The van der Waals surface area contributed by atoms with Crippen LogP contribution in [0.25, 0.3) is 0 Å². The minimum Gasteiger partial charge on any atom is -0.497 e. The third-order valence-corrected chi connectivity index (χ3v) is 4.39. The first-order chi connectivity index (χ1) is 11.6. The Kier molecular flexibility index (Phi) is 9.66. The van der Waals surface area contributed by atoms with Crippen molar-refractivity contribution >= 4 is 41.3 Å². The van der Waals surface area contributed by atoms with Crippen molar-refractivity contribution in [3.05, 3.63) is 46.2 Å². The summed E-state index contributed by atoms with van der Waals surface area (Å²) in [6.07, 6.45) is -0.000335. The number of aryl methyl sites for hydroxylation is 1. The Morgan fingerprint density at radius 2 is 1.96 bits per heavy atom. The Hall–Kier alpha value is -1.48. The van der Waals surface area contributed by atoms with E-state index in [1.165, 1.54) is 9.75 Å². The number of hydrogen-bond acceptors (Lipinski definition) is 4. The van der Waals surface area contributed by atoms with E-state index in [2.05, 4.69) is 34.7 Å². The molecule has 1 aromatic carbocycles. The highest BCUT2D eigenvalue weighted by Crippen LogP contribution is 2.19. The smallest absolute Gasteiger partial charge is 0.191 e. The number of nitrogens with one attached hydrogen (secondary N) is 2. The molecule has 5 nitrogen and oxygen atoms in total. The minimum absolute atomic E-state index is 0. The maximum absolute atomic E-state index is 5.89. The van der Waals surface area contributed by atoms with Gasteiger partial charge in [-0.1, -0.05) is 6.07 Å². The summed E-state index contributed by atoms with van der Waals surface area (Å²) in [5.41, 5.74) is 0. The van der Waals surface area contributed by atoms with Crippen LogP contribution in [0.4, 0.5) is 0 Å². The molecular weight excluding hydrogens is 449 g/mol. The lowest BCUT2D eigenvalue weighted by molar-refractivity contribution is 0.223. The Morgan fingerprint density at radius 3 is 2.60 bits per heavy atom. The van der Waals surface area contributed by atoms with Crippen LogP contribution in [0.5, 0.6) is 11.5 Å². The molecule has 0 spiro atoms. The quantitative estimate of drug-likeness (QED) is 0.363. The third-order valence-electron chi connectivity index (χ3n) is 3.39. The second-order valence-corrected chi connectivity index (χ2v) is 6.80. The number of thiophene rings is 1. The first-order valence-electron chi connectivity index (χ1n) is 7.91. The van der Waals surface area contributed by atoms with Crippen molar-refractivity contribution in [1.29, 1.82) is 0 Å². The number of methoxy groups -OCH3 is 1. The molecular formula is C18H26IN3O2S.